The molecule has 4 saturated carbocycles. The van der Waals surface area contributed by atoms with Gasteiger partial charge in [0.1, 0.15) is 0 Å². The molecule has 4 aliphatic carbocycles. The van der Waals surface area contributed by atoms with Crippen molar-refractivity contribution < 1.29 is 9.90 Å². The summed E-state index contributed by atoms with van der Waals surface area (Å²) in [7, 11) is 0. The van der Waals surface area contributed by atoms with Gasteiger partial charge < -0.3 is 9.67 Å². The van der Waals surface area contributed by atoms with E-state index in [1.165, 1.54) is 38.5 Å². The van der Waals surface area contributed by atoms with Gasteiger partial charge in [-0.2, -0.15) is 0 Å². The SMILES string of the molecule is C[C@@]1(O)CC[C@H]2[C@H](CC[C@@H]3[C@@H]2CC[C@]2(C)[C@@H](C(=O)Cn4cccc4)CC[C@@H]32)C1. The first kappa shape index (κ1) is 18.9. The Morgan fingerprint density at radius 2 is 1.71 bits per heavy atom. The lowest BCUT2D eigenvalue weighted by Crippen LogP contribution is -2.51. The molecule has 3 nitrogen and oxygen atoms in total. The molecule has 3 heteroatoms. The molecule has 154 valence electrons. The van der Waals surface area contributed by atoms with Crippen molar-refractivity contribution >= 4 is 5.78 Å². The maximum atomic E-state index is 13.2. The molecule has 0 aromatic carbocycles. The van der Waals surface area contributed by atoms with Crippen LogP contribution in [0.15, 0.2) is 24.5 Å². The van der Waals surface area contributed by atoms with Gasteiger partial charge in [-0.1, -0.05) is 6.92 Å². The van der Waals surface area contributed by atoms with Crippen LogP contribution in [-0.2, 0) is 11.3 Å². The molecule has 0 saturated heterocycles. The van der Waals surface area contributed by atoms with Crippen LogP contribution in [0.3, 0.4) is 0 Å². The average Bonchev–Trinajstić information content (AvgIpc) is 3.27. The molecule has 0 spiro atoms. The second-order valence-corrected chi connectivity index (χ2v) is 11.2. The number of ketones is 1. The molecule has 1 N–H and O–H groups in total. The van der Waals surface area contributed by atoms with Gasteiger partial charge in [-0.05, 0) is 112 Å². The fourth-order valence-electron chi connectivity index (χ4n) is 8.38. The number of aromatic nitrogens is 1. The molecule has 0 radical (unpaired) electrons. The van der Waals surface area contributed by atoms with Crippen LogP contribution in [0.1, 0.15) is 71.6 Å². The summed E-state index contributed by atoms with van der Waals surface area (Å²) in [5, 5.41) is 10.6. The van der Waals surface area contributed by atoms with Crippen LogP contribution in [0.2, 0.25) is 0 Å². The van der Waals surface area contributed by atoms with E-state index in [2.05, 4.69) is 6.92 Å². The lowest BCUT2D eigenvalue weighted by atomic mass is 9.49. The highest BCUT2D eigenvalue weighted by Crippen LogP contribution is 2.64. The largest absolute Gasteiger partial charge is 0.390 e. The molecule has 28 heavy (non-hydrogen) atoms. The molecule has 8 atom stereocenters. The molecular weight excluding hydrogens is 346 g/mol. The minimum atomic E-state index is -0.430. The highest BCUT2D eigenvalue weighted by atomic mass is 16.3. The molecule has 4 aliphatic rings. The Hall–Kier alpha value is -1.09. The zero-order valence-corrected chi connectivity index (χ0v) is 17.6. The van der Waals surface area contributed by atoms with E-state index >= 15 is 0 Å². The minimum absolute atomic E-state index is 0.221. The van der Waals surface area contributed by atoms with Gasteiger partial charge in [0.15, 0.2) is 5.78 Å². The zero-order valence-electron chi connectivity index (χ0n) is 17.6. The van der Waals surface area contributed by atoms with Crippen molar-refractivity contribution in [2.45, 2.75) is 83.8 Å². The van der Waals surface area contributed by atoms with Gasteiger partial charge in [0, 0.05) is 18.3 Å². The van der Waals surface area contributed by atoms with Crippen LogP contribution >= 0.6 is 0 Å². The van der Waals surface area contributed by atoms with Crippen LogP contribution in [0.5, 0.6) is 0 Å². The maximum absolute atomic E-state index is 13.2. The monoisotopic (exact) mass is 383 g/mol. The molecule has 1 aromatic rings. The van der Waals surface area contributed by atoms with Crippen LogP contribution < -0.4 is 0 Å². The number of hydrogen-bond donors (Lipinski definition) is 1. The Morgan fingerprint density at radius 3 is 2.50 bits per heavy atom. The van der Waals surface area contributed by atoms with E-state index in [-0.39, 0.29) is 11.3 Å². The van der Waals surface area contributed by atoms with Crippen molar-refractivity contribution in [1.29, 1.82) is 0 Å². The number of aliphatic hydroxyl groups is 1. The molecule has 1 aromatic heterocycles. The maximum Gasteiger partial charge on any atom is 0.156 e. The number of rotatable bonds is 3. The summed E-state index contributed by atoms with van der Waals surface area (Å²) in [6.07, 6.45) is 14.8. The van der Waals surface area contributed by atoms with Crippen molar-refractivity contribution in [2.75, 3.05) is 0 Å². The molecule has 5 rings (SSSR count). The van der Waals surface area contributed by atoms with E-state index in [4.69, 9.17) is 0 Å². The fourth-order valence-corrected chi connectivity index (χ4v) is 8.38. The summed E-state index contributed by atoms with van der Waals surface area (Å²) in [5.74, 6) is 4.71. The third kappa shape index (κ3) is 3.00. The Bertz CT molecular complexity index is 723. The summed E-state index contributed by atoms with van der Waals surface area (Å²) in [4.78, 5) is 13.2. The van der Waals surface area contributed by atoms with E-state index in [0.717, 1.165) is 48.9 Å². The number of carbonyl (C=O) groups excluding carboxylic acids is 1. The van der Waals surface area contributed by atoms with Gasteiger partial charge in [-0.3, -0.25) is 4.79 Å². The quantitative estimate of drug-likeness (QED) is 0.791. The standard InChI is InChI=1S/C25H37NO2/c1-24(28)11-9-18-17(15-24)5-6-20-19(18)10-12-25(2)21(20)7-8-22(25)23(27)16-26-13-3-4-14-26/h3-4,13-14,17-22,28H,5-12,15-16H2,1-2H3/t17-,18+,19-,20-,21+,22-,24-,25+/m1/s1. The van der Waals surface area contributed by atoms with Gasteiger partial charge in [-0.15, -0.1) is 0 Å². The second kappa shape index (κ2) is 6.72. The highest BCUT2D eigenvalue weighted by Gasteiger charge is 2.58. The van der Waals surface area contributed by atoms with Crippen LogP contribution in [0.4, 0.5) is 0 Å². The summed E-state index contributed by atoms with van der Waals surface area (Å²) in [6.45, 7) is 5.05. The van der Waals surface area contributed by atoms with E-state index in [0.29, 0.717) is 12.3 Å². The van der Waals surface area contributed by atoms with Gasteiger partial charge in [-0.25, -0.2) is 0 Å². The zero-order chi connectivity index (χ0) is 19.5. The molecule has 0 aliphatic heterocycles. The summed E-state index contributed by atoms with van der Waals surface area (Å²) < 4.78 is 2.05. The molecule has 4 fully saturated rings. The predicted molar refractivity (Wildman–Crippen MR) is 111 cm³/mol. The minimum Gasteiger partial charge on any atom is -0.390 e. The molecule has 0 amide bonds. The normalized spacial score (nSPS) is 47.8. The third-order valence-corrected chi connectivity index (χ3v) is 9.63. The van der Waals surface area contributed by atoms with E-state index in [1.807, 2.05) is 36.0 Å². The highest BCUT2D eigenvalue weighted by molar-refractivity contribution is 5.82. The van der Waals surface area contributed by atoms with Crippen LogP contribution in [0, 0.1) is 40.9 Å². The van der Waals surface area contributed by atoms with E-state index in [9.17, 15) is 9.90 Å². The Kier molecular flexibility index (Phi) is 4.54. The lowest BCUT2D eigenvalue weighted by Gasteiger charge is -2.56. The first-order valence-corrected chi connectivity index (χ1v) is 11.7. The van der Waals surface area contributed by atoms with Crippen molar-refractivity contribution in [3.63, 3.8) is 0 Å². The Morgan fingerprint density at radius 1 is 0.964 bits per heavy atom. The summed E-state index contributed by atoms with van der Waals surface area (Å²) >= 11 is 0. The smallest absolute Gasteiger partial charge is 0.156 e. The van der Waals surface area contributed by atoms with Gasteiger partial charge in [0.25, 0.3) is 0 Å². The average molecular weight is 384 g/mol. The third-order valence-electron chi connectivity index (χ3n) is 9.63. The lowest BCUT2D eigenvalue weighted by molar-refractivity contribution is -0.132. The predicted octanol–water partition coefficient (Wildman–Crippen LogP) is 5.08. The molecular formula is C25H37NO2. The summed E-state index contributed by atoms with van der Waals surface area (Å²) in [5.41, 5.74) is -0.209. The first-order valence-electron chi connectivity index (χ1n) is 11.7. The second-order valence-electron chi connectivity index (χ2n) is 11.2. The molecule has 0 unspecified atom stereocenters. The van der Waals surface area contributed by atoms with E-state index in [1.54, 1.807) is 0 Å². The van der Waals surface area contributed by atoms with Gasteiger partial charge >= 0.3 is 0 Å². The Labute approximate surface area is 169 Å². The van der Waals surface area contributed by atoms with Crippen molar-refractivity contribution in [2.24, 2.45) is 40.9 Å². The number of fused-ring (bicyclic) bond motifs is 5. The van der Waals surface area contributed by atoms with Crippen molar-refractivity contribution in [3.05, 3.63) is 24.5 Å². The Balaban J connectivity index is 1.32. The van der Waals surface area contributed by atoms with Crippen molar-refractivity contribution in [3.8, 4) is 0 Å². The number of hydrogen-bond acceptors (Lipinski definition) is 2. The van der Waals surface area contributed by atoms with Gasteiger partial charge in [0.2, 0.25) is 0 Å². The molecule has 0 bridgehead atoms. The van der Waals surface area contributed by atoms with Crippen molar-refractivity contribution in [1.82, 2.24) is 4.57 Å². The number of Topliss-reactive ketones (excluding diaryl/α,β-unsaturated/α-hetero) is 1. The molecule has 1 heterocycles. The van der Waals surface area contributed by atoms with Crippen LogP contribution in [0.25, 0.3) is 0 Å². The topological polar surface area (TPSA) is 42.2 Å². The van der Waals surface area contributed by atoms with E-state index < -0.39 is 5.60 Å². The number of nitrogens with zero attached hydrogens (tertiary/aromatic N) is 1. The number of carbonyl (C=O) groups is 1. The first-order chi connectivity index (χ1) is 13.4. The fraction of sp³-hybridized carbons (Fsp3) is 0.800. The summed E-state index contributed by atoms with van der Waals surface area (Å²) in [6, 6.07) is 4.02. The van der Waals surface area contributed by atoms with Gasteiger partial charge in [0.05, 0.1) is 12.1 Å². The van der Waals surface area contributed by atoms with Crippen LogP contribution in [-0.4, -0.2) is 21.1 Å².